The summed E-state index contributed by atoms with van der Waals surface area (Å²) in [5, 5.41) is 16.2. The molecule has 2 atom stereocenters. The van der Waals surface area contributed by atoms with E-state index in [9.17, 15) is 0 Å². The molecule has 2 heterocycles. The zero-order chi connectivity index (χ0) is 15.8. The van der Waals surface area contributed by atoms with Crippen LogP contribution >= 0.6 is 27.5 Å². The van der Waals surface area contributed by atoms with E-state index in [0.717, 1.165) is 21.5 Å². The Morgan fingerprint density at radius 2 is 1.96 bits per heavy atom. The highest BCUT2D eigenvalue weighted by Crippen LogP contribution is 2.37. The van der Waals surface area contributed by atoms with E-state index < -0.39 is 0 Å². The third-order valence-corrected chi connectivity index (χ3v) is 4.76. The van der Waals surface area contributed by atoms with E-state index in [0.29, 0.717) is 5.95 Å². The molecule has 1 aliphatic heterocycles. The summed E-state index contributed by atoms with van der Waals surface area (Å²) in [6.45, 7) is 0. The summed E-state index contributed by atoms with van der Waals surface area (Å²) < 4.78 is 2.88. The van der Waals surface area contributed by atoms with Gasteiger partial charge in [0.2, 0.25) is 5.95 Å². The molecular weight excluding hydrogens is 378 g/mol. The van der Waals surface area contributed by atoms with Crippen molar-refractivity contribution in [2.24, 2.45) is 0 Å². The Hall–Kier alpha value is -1.92. The fraction of sp³-hybridized carbons (Fsp3) is 0.188. The molecule has 5 nitrogen and oxygen atoms in total. The Morgan fingerprint density at radius 3 is 2.78 bits per heavy atom. The summed E-state index contributed by atoms with van der Waals surface area (Å²) in [6.07, 6.45) is 0.842. The average Bonchev–Trinajstić information content (AvgIpc) is 3.02. The standard InChI is InChI=1S/C16H13BrClN5/c17-12-5-1-3-10(7-12)14-9-15(11-4-2-6-13(18)8-11)23-16(19-14)20-21-22-23/h1-8,14-15H,9H2,(H,19,20,22)/t14-,15+/m0/s1. The molecule has 0 aliphatic carbocycles. The zero-order valence-electron chi connectivity index (χ0n) is 12.0. The number of rotatable bonds is 2. The van der Waals surface area contributed by atoms with E-state index in [1.165, 1.54) is 5.56 Å². The number of tetrazole rings is 1. The lowest BCUT2D eigenvalue weighted by atomic mass is 9.93. The van der Waals surface area contributed by atoms with Crippen LogP contribution in [0.25, 0.3) is 0 Å². The molecule has 3 aromatic rings. The maximum absolute atomic E-state index is 6.16. The Morgan fingerprint density at radius 1 is 1.13 bits per heavy atom. The van der Waals surface area contributed by atoms with Gasteiger partial charge in [0.15, 0.2) is 0 Å². The van der Waals surface area contributed by atoms with Gasteiger partial charge >= 0.3 is 0 Å². The largest absolute Gasteiger partial charge is 0.346 e. The van der Waals surface area contributed by atoms with Crippen molar-refractivity contribution in [2.45, 2.75) is 18.5 Å². The molecule has 0 unspecified atom stereocenters. The lowest BCUT2D eigenvalue weighted by molar-refractivity contribution is 0.424. The van der Waals surface area contributed by atoms with E-state index in [-0.39, 0.29) is 12.1 Å². The molecule has 0 spiro atoms. The first-order chi connectivity index (χ1) is 11.2. The highest BCUT2D eigenvalue weighted by Gasteiger charge is 2.30. The minimum absolute atomic E-state index is 0.0453. The second-order valence-corrected chi connectivity index (χ2v) is 6.86. The summed E-state index contributed by atoms with van der Waals surface area (Å²) in [5.74, 6) is 0.672. The highest BCUT2D eigenvalue weighted by atomic mass is 79.9. The Kier molecular flexibility index (Phi) is 3.79. The molecule has 1 aliphatic rings. The molecular formula is C16H13BrClN5. The molecule has 7 heteroatoms. The van der Waals surface area contributed by atoms with Crippen molar-refractivity contribution in [1.82, 2.24) is 20.2 Å². The molecule has 1 aromatic heterocycles. The fourth-order valence-electron chi connectivity index (χ4n) is 2.97. The number of fused-ring (bicyclic) bond motifs is 1. The summed E-state index contributed by atoms with van der Waals surface area (Å²) in [6, 6.07) is 16.3. The summed E-state index contributed by atoms with van der Waals surface area (Å²) in [5.41, 5.74) is 2.30. The maximum atomic E-state index is 6.16. The van der Waals surface area contributed by atoms with Crippen LogP contribution in [0.2, 0.25) is 5.02 Å². The van der Waals surface area contributed by atoms with Crippen molar-refractivity contribution in [2.75, 3.05) is 5.32 Å². The lowest BCUT2D eigenvalue weighted by Crippen LogP contribution is -2.28. The number of hydrogen-bond donors (Lipinski definition) is 1. The predicted molar refractivity (Wildman–Crippen MR) is 92.5 cm³/mol. The van der Waals surface area contributed by atoms with Crippen molar-refractivity contribution in [3.05, 3.63) is 69.2 Å². The van der Waals surface area contributed by atoms with Crippen molar-refractivity contribution < 1.29 is 0 Å². The van der Waals surface area contributed by atoms with Crippen molar-refractivity contribution >= 4 is 33.5 Å². The first kappa shape index (κ1) is 14.7. The monoisotopic (exact) mass is 389 g/mol. The summed E-state index contributed by atoms with van der Waals surface area (Å²) >= 11 is 9.69. The van der Waals surface area contributed by atoms with Gasteiger partial charge in [0.25, 0.3) is 0 Å². The second-order valence-electron chi connectivity index (χ2n) is 5.51. The first-order valence-electron chi connectivity index (χ1n) is 7.26. The van der Waals surface area contributed by atoms with Gasteiger partial charge in [0.1, 0.15) is 0 Å². The molecule has 23 heavy (non-hydrogen) atoms. The van der Waals surface area contributed by atoms with E-state index in [1.54, 1.807) is 0 Å². The van der Waals surface area contributed by atoms with Crippen LogP contribution in [0.15, 0.2) is 53.0 Å². The fourth-order valence-corrected chi connectivity index (χ4v) is 3.59. The van der Waals surface area contributed by atoms with Crippen LogP contribution in [0, 0.1) is 0 Å². The van der Waals surface area contributed by atoms with E-state index in [2.05, 4.69) is 55.0 Å². The average molecular weight is 391 g/mol. The number of anilines is 1. The number of halogens is 2. The number of nitrogens with one attached hydrogen (secondary N) is 1. The molecule has 4 rings (SSSR count). The normalized spacial score (nSPS) is 19.9. The number of benzene rings is 2. The van der Waals surface area contributed by atoms with Gasteiger partial charge in [0, 0.05) is 9.50 Å². The number of aromatic nitrogens is 4. The van der Waals surface area contributed by atoms with Gasteiger partial charge < -0.3 is 5.32 Å². The minimum Gasteiger partial charge on any atom is -0.346 e. The smallest absolute Gasteiger partial charge is 0.243 e. The maximum Gasteiger partial charge on any atom is 0.243 e. The summed E-state index contributed by atoms with van der Waals surface area (Å²) in [7, 11) is 0. The van der Waals surface area contributed by atoms with Crippen molar-refractivity contribution in [1.29, 1.82) is 0 Å². The Bertz CT molecular complexity index is 850. The van der Waals surface area contributed by atoms with Crippen LogP contribution in [-0.4, -0.2) is 20.2 Å². The Balaban J connectivity index is 1.75. The van der Waals surface area contributed by atoms with Gasteiger partial charge in [-0.25, -0.2) is 4.68 Å². The van der Waals surface area contributed by atoms with Crippen LogP contribution in [0.3, 0.4) is 0 Å². The molecule has 116 valence electrons. The molecule has 2 aromatic carbocycles. The SMILES string of the molecule is Clc1cccc([C@H]2C[C@@H](c3cccc(Br)c3)Nc3nnnn32)c1. The van der Waals surface area contributed by atoms with Gasteiger partial charge in [-0.3, -0.25) is 0 Å². The lowest BCUT2D eigenvalue weighted by Gasteiger charge is -2.31. The van der Waals surface area contributed by atoms with Crippen LogP contribution in [-0.2, 0) is 0 Å². The quantitative estimate of drug-likeness (QED) is 0.711. The predicted octanol–water partition coefficient (Wildman–Crippen LogP) is 4.24. The molecule has 0 amide bonds. The van der Waals surface area contributed by atoms with E-state index in [1.807, 2.05) is 35.0 Å². The summed E-state index contributed by atoms with van der Waals surface area (Å²) in [4.78, 5) is 0. The molecule has 0 saturated carbocycles. The highest BCUT2D eigenvalue weighted by molar-refractivity contribution is 9.10. The topological polar surface area (TPSA) is 55.6 Å². The van der Waals surface area contributed by atoms with Gasteiger partial charge in [-0.1, -0.05) is 56.9 Å². The van der Waals surface area contributed by atoms with E-state index >= 15 is 0 Å². The second kappa shape index (κ2) is 5.94. The Labute approximate surface area is 146 Å². The minimum atomic E-state index is 0.0453. The van der Waals surface area contributed by atoms with Crippen LogP contribution < -0.4 is 5.32 Å². The van der Waals surface area contributed by atoms with Gasteiger partial charge in [0.05, 0.1) is 12.1 Å². The van der Waals surface area contributed by atoms with Gasteiger partial charge in [-0.15, -0.1) is 0 Å². The van der Waals surface area contributed by atoms with Crippen LogP contribution in [0.1, 0.15) is 29.6 Å². The third kappa shape index (κ3) is 2.84. The molecule has 0 fully saturated rings. The first-order valence-corrected chi connectivity index (χ1v) is 8.43. The van der Waals surface area contributed by atoms with Crippen LogP contribution in [0.4, 0.5) is 5.95 Å². The number of nitrogens with zero attached hydrogens (tertiary/aromatic N) is 4. The van der Waals surface area contributed by atoms with E-state index in [4.69, 9.17) is 11.6 Å². The third-order valence-electron chi connectivity index (χ3n) is 4.03. The number of hydrogen-bond acceptors (Lipinski definition) is 4. The molecule has 0 saturated heterocycles. The van der Waals surface area contributed by atoms with Gasteiger partial charge in [-0.05, 0) is 52.2 Å². The zero-order valence-corrected chi connectivity index (χ0v) is 14.4. The van der Waals surface area contributed by atoms with Crippen LogP contribution in [0.5, 0.6) is 0 Å². The molecule has 1 N–H and O–H groups in total. The molecule has 0 radical (unpaired) electrons. The van der Waals surface area contributed by atoms with Crippen molar-refractivity contribution in [3.63, 3.8) is 0 Å². The van der Waals surface area contributed by atoms with Crippen molar-refractivity contribution in [3.8, 4) is 0 Å². The molecule has 0 bridgehead atoms. The van der Waals surface area contributed by atoms with Gasteiger partial charge in [-0.2, -0.15) is 0 Å².